The van der Waals surface area contributed by atoms with Crippen molar-refractivity contribution in [2.24, 2.45) is 5.10 Å². The molecule has 0 radical (unpaired) electrons. The van der Waals surface area contributed by atoms with Crippen LogP contribution in [0.5, 0.6) is 5.75 Å². The molecule has 3 aromatic rings. The topological polar surface area (TPSA) is 33.6 Å². The van der Waals surface area contributed by atoms with Gasteiger partial charge in [0.2, 0.25) is 0 Å². The molecule has 0 aliphatic heterocycles. The van der Waals surface area contributed by atoms with Crippen molar-refractivity contribution in [1.82, 2.24) is 0 Å². The van der Waals surface area contributed by atoms with Crippen molar-refractivity contribution in [3.05, 3.63) is 93.0 Å². The molecule has 0 saturated heterocycles. The van der Waals surface area contributed by atoms with Crippen molar-refractivity contribution in [2.45, 2.75) is 20.5 Å². The largest absolute Gasteiger partial charge is 0.489 e. The fourth-order valence-corrected chi connectivity index (χ4v) is 2.76. The summed E-state index contributed by atoms with van der Waals surface area (Å²) in [7, 11) is 0. The van der Waals surface area contributed by atoms with Gasteiger partial charge in [0.1, 0.15) is 12.4 Å². The molecule has 3 nitrogen and oxygen atoms in total. The molecule has 0 atom stereocenters. The van der Waals surface area contributed by atoms with Gasteiger partial charge >= 0.3 is 0 Å². The predicted molar refractivity (Wildman–Crippen MR) is 114 cm³/mol. The number of ether oxygens (including phenoxy) is 1. The SMILES string of the molecule is Cc1ccc(NN=Cc2ccc(OCc3ccc(Cl)c(Cl)c3)cc2)cc1C. The first-order valence-electron chi connectivity index (χ1n) is 8.54. The van der Waals surface area contributed by atoms with Gasteiger partial charge in [-0.15, -0.1) is 0 Å². The van der Waals surface area contributed by atoms with Crippen molar-refractivity contribution in [3.63, 3.8) is 0 Å². The highest BCUT2D eigenvalue weighted by atomic mass is 35.5. The van der Waals surface area contributed by atoms with Crippen molar-refractivity contribution < 1.29 is 4.74 Å². The zero-order chi connectivity index (χ0) is 19.2. The molecule has 0 bridgehead atoms. The number of nitrogens with zero attached hydrogens (tertiary/aromatic N) is 1. The van der Waals surface area contributed by atoms with E-state index in [2.05, 4.69) is 36.5 Å². The average molecular weight is 399 g/mol. The third kappa shape index (κ3) is 5.49. The van der Waals surface area contributed by atoms with Gasteiger partial charge in [0.05, 0.1) is 21.9 Å². The van der Waals surface area contributed by atoms with Gasteiger partial charge in [-0.2, -0.15) is 5.10 Å². The van der Waals surface area contributed by atoms with Gasteiger partial charge in [-0.1, -0.05) is 35.3 Å². The van der Waals surface area contributed by atoms with Crippen LogP contribution in [0.4, 0.5) is 5.69 Å². The number of hydrogen-bond donors (Lipinski definition) is 1. The first kappa shape index (κ1) is 19.3. The smallest absolute Gasteiger partial charge is 0.119 e. The van der Waals surface area contributed by atoms with Gasteiger partial charge in [0.25, 0.3) is 0 Å². The summed E-state index contributed by atoms with van der Waals surface area (Å²) in [4.78, 5) is 0. The Morgan fingerprint density at radius 3 is 2.37 bits per heavy atom. The van der Waals surface area contributed by atoms with E-state index in [4.69, 9.17) is 27.9 Å². The van der Waals surface area contributed by atoms with Gasteiger partial charge in [0, 0.05) is 0 Å². The molecule has 0 spiro atoms. The normalized spacial score (nSPS) is 11.0. The lowest BCUT2D eigenvalue weighted by atomic mass is 10.1. The third-order valence-electron chi connectivity index (χ3n) is 4.18. The number of hydrazone groups is 1. The summed E-state index contributed by atoms with van der Waals surface area (Å²) in [5.41, 5.74) is 8.46. The minimum absolute atomic E-state index is 0.429. The van der Waals surface area contributed by atoms with Crippen molar-refractivity contribution in [2.75, 3.05) is 5.43 Å². The summed E-state index contributed by atoms with van der Waals surface area (Å²) in [6.45, 7) is 4.60. The molecule has 0 aliphatic carbocycles. The second kappa shape index (κ2) is 8.94. The van der Waals surface area contributed by atoms with Crippen LogP contribution in [-0.2, 0) is 6.61 Å². The molecule has 138 valence electrons. The number of benzene rings is 3. The lowest BCUT2D eigenvalue weighted by Crippen LogP contribution is -1.96. The molecular formula is C22H20Cl2N2O. The summed E-state index contributed by atoms with van der Waals surface area (Å²) in [6, 6.07) is 19.4. The maximum absolute atomic E-state index is 6.02. The Hall–Kier alpha value is -2.49. The lowest BCUT2D eigenvalue weighted by Gasteiger charge is -2.07. The van der Waals surface area contributed by atoms with Crippen LogP contribution < -0.4 is 10.2 Å². The van der Waals surface area contributed by atoms with Crippen LogP contribution in [0.25, 0.3) is 0 Å². The molecule has 3 aromatic carbocycles. The number of halogens is 2. The van der Waals surface area contributed by atoms with Gasteiger partial charge in [-0.05, 0) is 84.6 Å². The van der Waals surface area contributed by atoms with Crippen LogP contribution >= 0.6 is 23.2 Å². The van der Waals surface area contributed by atoms with Crippen LogP contribution in [-0.4, -0.2) is 6.21 Å². The fourth-order valence-electron chi connectivity index (χ4n) is 2.44. The third-order valence-corrected chi connectivity index (χ3v) is 4.92. The van der Waals surface area contributed by atoms with E-state index in [1.807, 2.05) is 42.5 Å². The second-order valence-corrected chi connectivity index (χ2v) is 7.09. The summed E-state index contributed by atoms with van der Waals surface area (Å²) >= 11 is 11.9. The summed E-state index contributed by atoms with van der Waals surface area (Å²) in [5.74, 6) is 0.778. The Morgan fingerprint density at radius 2 is 1.67 bits per heavy atom. The molecule has 0 heterocycles. The minimum Gasteiger partial charge on any atom is -0.489 e. The highest BCUT2D eigenvalue weighted by molar-refractivity contribution is 6.42. The van der Waals surface area contributed by atoms with E-state index in [-0.39, 0.29) is 0 Å². The second-order valence-electron chi connectivity index (χ2n) is 6.28. The number of hydrogen-bond acceptors (Lipinski definition) is 3. The number of anilines is 1. The molecule has 0 aliphatic rings. The highest BCUT2D eigenvalue weighted by Crippen LogP contribution is 2.23. The van der Waals surface area contributed by atoms with Crippen molar-refractivity contribution in [1.29, 1.82) is 0 Å². The Kier molecular flexibility index (Phi) is 6.38. The lowest BCUT2D eigenvalue weighted by molar-refractivity contribution is 0.306. The van der Waals surface area contributed by atoms with E-state index < -0.39 is 0 Å². The molecule has 5 heteroatoms. The molecule has 27 heavy (non-hydrogen) atoms. The molecule has 1 N–H and O–H groups in total. The van der Waals surface area contributed by atoms with Gasteiger partial charge in [-0.3, -0.25) is 5.43 Å². The number of aryl methyl sites for hydroxylation is 2. The van der Waals surface area contributed by atoms with E-state index in [1.54, 1.807) is 12.3 Å². The van der Waals surface area contributed by atoms with Crippen LogP contribution in [0, 0.1) is 13.8 Å². The maximum Gasteiger partial charge on any atom is 0.119 e. The zero-order valence-corrected chi connectivity index (χ0v) is 16.7. The fraction of sp³-hybridized carbons (Fsp3) is 0.136. The number of rotatable bonds is 6. The summed E-state index contributed by atoms with van der Waals surface area (Å²) < 4.78 is 5.78. The van der Waals surface area contributed by atoms with Crippen LogP contribution in [0.1, 0.15) is 22.3 Å². The molecule has 3 rings (SSSR count). The van der Waals surface area contributed by atoms with E-state index >= 15 is 0 Å². The Labute approximate surface area is 169 Å². The highest BCUT2D eigenvalue weighted by Gasteiger charge is 2.01. The summed E-state index contributed by atoms with van der Waals surface area (Å²) in [6.07, 6.45) is 1.78. The van der Waals surface area contributed by atoms with E-state index in [9.17, 15) is 0 Å². The standard InChI is InChI=1S/C22H20Cl2N2O/c1-15-3-7-19(11-16(15)2)26-25-13-17-4-8-20(9-5-17)27-14-18-6-10-21(23)22(24)12-18/h3-13,26H,14H2,1-2H3. The monoisotopic (exact) mass is 398 g/mol. The van der Waals surface area contributed by atoms with Crippen LogP contribution in [0.3, 0.4) is 0 Å². The molecule has 0 aromatic heterocycles. The number of nitrogens with one attached hydrogen (secondary N) is 1. The van der Waals surface area contributed by atoms with Gasteiger partial charge in [-0.25, -0.2) is 0 Å². The van der Waals surface area contributed by atoms with Crippen molar-refractivity contribution >= 4 is 35.1 Å². The van der Waals surface area contributed by atoms with E-state index in [1.165, 1.54) is 11.1 Å². The van der Waals surface area contributed by atoms with Crippen LogP contribution in [0.2, 0.25) is 10.0 Å². The molecule has 0 fully saturated rings. The predicted octanol–water partition coefficient (Wildman–Crippen LogP) is 6.64. The zero-order valence-electron chi connectivity index (χ0n) is 15.2. The molecule has 0 unspecified atom stereocenters. The van der Waals surface area contributed by atoms with Gasteiger partial charge < -0.3 is 4.74 Å². The summed E-state index contributed by atoms with van der Waals surface area (Å²) in [5, 5.41) is 5.35. The maximum atomic E-state index is 6.02. The first-order valence-corrected chi connectivity index (χ1v) is 9.30. The van der Waals surface area contributed by atoms with Crippen molar-refractivity contribution in [3.8, 4) is 5.75 Å². The van der Waals surface area contributed by atoms with Crippen LogP contribution in [0.15, 0.2) is 65.8 Å². The van der Waals surface area contributed by atoms with E-state index in [0.29, 0.717) is 16.7 Å². The Bertz CT molecular complexity index is 953. The first-order chi connectivity index (χ1) is 13.0. The Morgan fingerprint density at radius 1 is 0.889 bits per heavy atom. The quantitative estimate of drug-likeness (QED) is 0.373. The molecular weight excluding hydrogens is 379 g/mol. The minimum atomic E-state index is 0.429. The average Bonchev–Trinajstić information content (AvgIpc) is 2.66. The Balaban J connectivity index is 1.54. The molecule has 0 amide bonds. The van der Waals surface area contributed by atoms with E-state index in [0.717, 1.165) is 22.6 Å². The van der Waals surface area contributed by atoms with Gasteiger partial charge in [0.15, 0.2) is 0 Å². The molecule has 0 saturated carbocycles.